The van der Waals surface area contributed by atoms with Crippen molar-refractivity contribution in [1.82, 2.24) is 9.80 Å². The van der Waals surface area contributed by atoms with E-state index in [0.717, 1.165) is 11.3 Å². The molecule has 0 saturated carbocycles. The monoisotopic (exact) mass is 608 g/mol. The summed E-state index contributed by atoms with van der Waals surface area (Å²) in [5.41, 5.74) is 4.38. The van der Waals surface area contributed by atoms with Gasteiger partial charge in [0.25, 0.3) is 0 Å². The molecular weight excluding hydrogens is 572 g/mol. The molecule has 2 heterocycles. The predicted molar refractivity (Wildman–Crippen MR) is 172 cm³/mol. The zero-order valence-electron chi connectivity index (χ0n) is 24.7. The van der Waals surface area contributed by atoms with Gasteiger partial charge in [-0.3, -0.25) is 0 Å². The number of carbonyl (C=O) groups excluding carboxylic acids is 2. The van der Waals surface area contributed by atoms with Crippen molar-refractivity contribution in [2.75, 3.05) is 33.4 Å². The van der Waals surface area contributed by atoms with Crippen molar-refractivity contribution >= 4 is 23.9 Å². The van der Waals surface area contributed by atoms with Gasteiger partial charge in [-0.1, -0.05) is 103 Å². The van der Waals surface area contributed by atoms with Crippen LogP contribution in [-0.2, 0) is 20.8 Å². The summed E-state index contributed by atoms with van der Waals surface area (Å²) >= 11 is 1.86. The van der Waals surface area contributed by atoms with E-state index in [4.69, 9.17) is 14.2 Å². The van der Waals surface area contributed by atoms with E-state index in [9.17, 15) is 9.59 Å². The lowest BCUT2D eigenvalue weighted by Crippen LogP contribution is -2.43. The molecule has 2 fully saturated rings. The number of thioether (sulfide) groups is 1. The van der Waals surface area contributed by atoms with Crippen molar-refractivity contribution in [3.8, 4) is 5.75 Å². The summed E-state index contributed by atoms with van der Waals surface area (Å²) in [7, 11) is 1.62. The Kier molecular flexibility index (Phi) is 9.07. The molecule has 226 valence electrons. The van der Waals surface area contributed by atoms with Crippen molar-refractivity contribution in [2.45, 2.75) is 29.1 Å². The van der Waals surface area contributed by atoms with E-state index in [1.165, 1.54) is 16.7 Å². The van der Waals surface area contributed by atoms with Gasteiger partial charge in [-0.05, 0) is 40.8 Å². The van der Waals surface area contributed by atoms with Crippen molar-refractivity contribution in [2.24, 2.45) is 0 Å². The molecule has 0 spiro atoms. The Morgan fingerprint density at radius 3 is 1.93 bits per heavy atom. The molecule has 4 aromatic rings. The lowest BCUT2D eigenvalue weighted by Gasteiger charge is -2.37. The number of ether oxygens (including phenoxy) is 3. The fraction of sp³-hybridized carbons (Fsp3) is 0.278. The van der Waals surface area contributed by atoms with Crippen LogP contribution in [0.1, 0.15) is 28.7 Å². The van der Waals surface area contributed by atoms with Crippen LogP contribution in [0.3, 0.4) is 0 Å². The van der Waals surface area contributed by atoms with Gasteiger partial charge >= 0.3 is 12.2 Å². The largest absolute Gasteiger partial charge is 0.497 e. The third-order valence-electron chi connectivity index (χ3n) is 8.29. The summed E-state index contributed by atoms with van der Waals surface area (Å²) < 4.78 is 15.8. The minimum atomic E-state index is -0.519. The average Bonchev–Trinajstić information content (AvgIpc) is 3.69. The van der Waals surface area contributed by atoms with Gasteiger partial charge in [0.1, 0.15) is 19.0 Å². The van der Waals surface area contributed by atoms with Crippen LogP contribution in [0, 0.1) is 0 Å². The molecule has 0 N–H and O–H groups in total. The van der Waals surface area contributed by atoms with Gasteiger partial charge in [0, 0.05) is 18.3 Å². The Labute approximate surface area is 262 Å². The number of likely N-dealkylation sites (tertiary alicyclic amines) is 1. The predicted octanol–water partition coefficient (Wildman–Crippen LogP) is 6.95. The highest BCUT2D eigenvalue weighted by Crippen LogP contribution is 2.52. The van der Waals surface area contributed by atoms with E-state index >= 15 is 0 Å². The van der Waals surface area contributed by atoms with E-state index in [1.54, 1.807) is 16.9 Å². The quantitative estimate of drug-likeness (QED) is 0.182. The number of rotatable bonds is 10. The number of nitrogens with zero attached hydrogens (tertiary/aromatic N) is 2. The van der Waals surface area contributed by atoms with Crippen LogP contribution in [0.2, 0.25) is 0 Å². The van der Waals surface area contributed by atoms with Crippen LogP contribution in [0.4, 0.5) is 9.59 Å². The molecular formula is C36H36N2O5S. The van der Waals surface area contributed by atoms with Gasteiger partial charge in [-0.15, -0.1) is 11.8 Å². The lowest BCUT2D eigenvalue weighted by atomic mass is 9.84. The number of hydrogen-bond acceptors (Lipinski definition) is 6. The summed E-state index contributed by atoms with van der Waals surface area (Å²) in [4.78, 5) is 29.6. The molecule has 6 rings (SSSR count). The van der Waals surface area contributed by atoms with Gasteiger partial charge in [-0.25, -0.2) is 9.59 Å². The zero-order valence-corrected chi connectivity index (χ0v) is 25.5. The summed E-state index contributed by atoms with van der Waals surface area (Å²) in [6.07, 6.45) is -0.00794. The summed E-state index contributed by atoms with van der Waals surface area (Å²) in [5.74, 6) is 0.746. The van der Waals surface area contributed by atoms with Crippen molar-refractivity contribution in [3.63, 3.8) is 0 Å². The van der Waals surface area contributed by atoms with E-state index < -0.39 is 4.75 Å². The van der Waals surface area contributed by atoms with Gasteiger partial charge in [0.05, 0.1) is 24.4 Å². The Morgan fingerprint density at radius 1 is 0.864 bits per heavy atom. The molecule has 4 aromatic carbocycles. The SMILES string of the molecule is COc1ccc(COC(=O)N2C[C@@H](SC(c3ccccc3)(c3ccccc3)c3ccccc3)C[C@H]2CN2CCOC2=O)cc1. The number of hydrogen-bond donors (Lipinski definition) is 0. The molecule has 2 saturated heterocycles. The van der Waals surface area contributed by atoms with E-state index in [0.29, 0.717) is 32.7 Å². The standard InChI is InChI=1S/C36H36N2O5S/c1-41-32-19-17-27(18-20-32)26-43-35(40)38-25-33(23-31(38)24-37-21-22-42-34(37)39)44-36(28-11-5-2-6-12-28,29-13-7-3-8-14-29)30-15-9-4-10-16-30/h2-20,31,33H,21-26H2,1H3/t31-,33-/m0/s1. The highest BCUT2D eigenvalue weighted by Gasteiger charge is 2.45. The van der Waals surface area contributed by atoms with Gasteiger partial charge in [0.15, 0.2) is 0 Å². The molecule has 0 unspecified atom stereocenters. The molecule has 44 heavy (non-hydrogen) atoms. The minimum absolute atomic E-state index is 0.0628. The maximum Gasteiger partial charge on any atom is 0.410 e. The maximum absolute atomic E-state index is 13.7. The molecule has 2 amide bonds. The van der Waals surface area contributed by atoms with Gasteiger partial charge in [0.2, 0.25) is 0 Å². The highest BCUT2D eigenvalue weighted by molar-refractivity contribution is 8.01. The smallest absolute Gasteiger partial charge is 0.410 e. The van der Waals surface area contributed by atoms with Crippen LogP contribution in [0.25, 0.3) is 0 Å². The number of methoxy groups -OCH3 is 1. The summed E-state index contributed by atoms with van der Waals surface area (Å²) in [5, 5.41) is 0.0628. The molecule has 0 aliphatic carbocycles. The molecule has 0 radical (unpaired) electrons. The number of cyclic esters (lactones) is 1. The van der Waals surface area contributed by atoms with Gasteiger partial charge in [-0.2, -0.15) is 0 Å². The summed E-state index contributed by atoms with van der Waals surface area (Å²) in [6.45, 7) is 1.93. The zero-order chi connectivity index (χ0) is 30.4. The minimum Gasteiger partial charge on any atom is -0.497 e. The van der Waals surface area contributed by atoms with E-state index in [1.807, 2.05) is 54.2 Å². The third kappa shape index (κ3) is 6.26. The highest BCUT2D eigenvalue weighted by atomic mass is 32.2. The fourth-order valence-corrected chi connectivity index (χ4v) is 7.99. The van der Waals surface area contributed by atoms with Crippen LogP contribution in [0.5, 0.6) is 5.75 Å². The van der Waals surface area contributed by atoms with Crippen LogP contribution >= 0.6 is 11.8 Å². The number of benzene rings is 4. The first-order valence-corrected chi connectivity index (χ1v) is 15.8. The summed E-state index contributed by atoms with van der Waals surface area (Å²) in [6, 6.07) is 38.9. The Bertz CT molecular complexity index is 1440. The lowest BCUT2D eigenvalue weighted by molar-refractivity contribution is 0.0861. The van der Waals surface area contributed by atoms with E-state index in [-0.39, 0.29) is 30.1 Å². The molecule has 2 aliphatic heterocycles. The van der Waals surface area contributed by atoms with Crippen molar-refractivity contribution < 1.29 is 23.8 Å². The van der Waals surface area contributed by atoms with Crippen molar-refractivity contribution in [3.05, 3.63) is 138 Å². The first-order chi connectivity index (χ1) is 21.6. The molecule has 0 bridgehead atoms. The third-order valence-corrected chi connectivity index (χ3v) is 10.0. The maximum atomic E-state index is 13.7. The fourth-order valence-electron chi connectivity index (χ4n) is 6.12. The Morgan fingerprint density at radius 2 is 1.43 bits per heavy atom. The molecule has 7 nitrogen and oxygen atoms in total. The second kappa shape index (κ2) is 13.5. The normalized spacial score (nSPS) is 18.2. The van der Waals surface area contributed by atoms with E-state index in [2.05, 4.69) is 72.8 Å². The van der Waals surface area contributed by atoms with Crippen molar-refractivity contribution in [1.29, 1.82) is 0 Å². The topological polar surface area (TPSA) is 68.3 Å². The first kappa shape index (κ1) is 29.6. The number of carbonyl (C=O) groups is 2. The molecule has 2 atom stereocenters. The number of amides is 2. The van der Waals surface area contributed by atoms with Gasteiger partial charge < -0.3 is 24.0 Å². The van der Waals surface area contributed by atoms with Crippen LogP contribution in [0.15, 0.2) is 115 Å². The van der Waals surface area contributed by atoms with Crippen LogP contribution in [-0.4, -0.2) is 66.6 Å². The van der Waals surface area contributed by atoms with Crippen LogP contribution < -0.4 is 4.74 Å². The molecule has 8 heteroatoms. The second-order valence-corrected chi connectivity index (χ2v) is 12.5. The molecule has 0 aromatic heterocycles. The Hall–Kier alpha value is -4.43. The average molecular weight is 609 g/mol. The Balaban J connectivity index is 1.31. The molecule has 2 aliphatic rings. The second-order valence-electron chi connectivity index (χ2n) is 11.0. The first-order valence-electron chi connectivity index (χ1n) is 14.9.